The van der Waals surface area contributed by atoms with Gasteiger partial charge in [0, 0.05) is 21.2 Å². The fourth-order valence-corrected chi connectivity index (χ4v) is 4.05. The molecule has 0 spiro atoms. The SMILES string of the molecule is COc1ccc2c(c1)CCC(Sc1ccc(Cl)cc1)C2N. The number of hydrogen-bond acceptors (Lipinski definition) is 3. The van der Waals surface area contributed by atoms with E-state index in [0.29, 0.717) is 5.25 Å². The van der Waals surface area contributed by atoms with Crippen LogP contribution in [0.4, 0.5) is 0 Å². The first-order valence-corrected chi connectivity index (χ1v) is 8.28. The first-order chi connectivity index (χ1) is 10.2. The van der Waals surface area contributed by atoms with Crippen molar-refractivity contribution in [3.63, 3.8) is 0 Å². The van der Waals surface area contributed by atoms with Gasteiger partial charge in [0.15, 0.2) is 0 Å². The zero-order valence-corrected chi connectivity index (χ0v) is 13.5. The number of benzene rings is 2. The molecule has 2 aromatic rings. The van der Waals surface area contributed by atoms with E-state index in [1.54, 1.807) is 7.11 Å². The molecule has 3 rings (SSSR count). The molecular formula is C17H18ClNOS. The van der Waals surface area contributed by atoms with Crippen molar-refractivity contribution < 1.29 is 4.74 Å². The summed E-state index contributed by atoms with van der Waals surface area (Å²) in [5, 5.41) is 1.16. The molecule has 0 saturated carbocycles. The third-order valence-electron chi connectivity index (χ3n) is 3.91. The number of methoxy groups -OCH3 is 1. The van der Waals surface area contributed by atoms with Crippen molar-refractivity contribution in [3.05, 3.63) is 58.6 Å². The van der Waals surface area contributed by atoms with Gasteiger partial charge in [-0.25, -0.2) is 0 Å². The molecule has 0 aliphatic heterocycles. The minimum atomic E-state index is 0.0559. The van der Waals surface area contributed by atoms with E-state index in [4.69, 9.17) is 22.1 Å². The Morgan fingerprint density at radius 1 is 1.19 bits per heavy atom. The van der Waals surface area contributed by atoms with Crippen LogP contribution >= 0.6 is 23.4 Å². The zero-order chi connectivity index (χ0) is 14.8. The predicted molar refractivity (Wildman–Crippen MR) is 89.3 cm³/mol. The number of aryl methyl sites for hydroxylation is 1. The first kappa shape index (κ1) is 14.8. The minimum Gasteiger partial charge on any atom is -0.497 e. The Balaban J connectivity index is 1.78. The second-order valence-corrected chi connectivity index (χ2v) is 6.99. The maximum atomic E-state index is 6.47. The van der Waals surface area contributed by atoms with E-state index in [1.807, 2.05) is 30.0 Å². The number of halogens is 1. The second-order valence-electron chi connectivity index (χ2n) is 5.24. The lowest BCUT2D eigenvalue weighted by atomic mass is 9.87. The van der Waals surface area contributed by atoms with Gasteiger partial charge in [0.25, 0.3) is 0 Å². The van der Waals surface area contributed by atoms with Crippen LogP contribution in [0.5, 0.6) is 5.75 Å². The Morgan fingerprint density at radius 3 is 2.67 bits per heavy atom. The van der Waals surface area contributed by atoms with E-state index < -0.39 is 0 Å². The highest BCUT2D eigenvalue weighted by Crippen LogP contribution is 2.40. The molecule has 2 atom stereocenters. The molecule has 0 heterocycles. The monoisotopic (exact) mass is 319 g/mol. The molecule has 0 saturated heterocycles. The summed E-state index contributed by atoms with van der Waals surface area (Å²) in [6.45, 7) is 0. The Kier molecular flexibility index (Phi) is 4.43. The zero-order valence-electron chi connectivity index (χ0n) is 11.9. The summed E-state index contributed by atoms with van der Waals surface area (Å²) in [5.41, 5.74) is 9.03. The van der Waals surface area contributed by atoms with Gasteiger partial charge < -0.3 is 10.5 Å². The molecule has 0 amide bonds. The van der Waals surface area contributed by atoms with Crippen LogP contribution in [-0.4, -0.2) is 12.4 Å². The Hall–Kier alpha value is -1.16. The van der Waals surface area contributed by atoms with E-state index >= 15 is 0 Å². The molecule has 110 valence electrons. The van der Waals surface area contributed by atoms with Crippen LogP contribution in [0.15, 0.2) is 47.4 Å². The van der Waals surface area contributed by atoms with E-state index in [-0.39, 0.29) is 6.04 Å². The molecule has 1 aliphatic carbocycles. The molecule has 2 nitrogen and oxygen atoms in total. The molecule has 0 fully saturated rings. The third kappa shape index (κ3) is 3.20. The molecule has 4 heteroatoms. The highest BCUT2D eigenvalue weighted by atomic mass is 35.5. The van der Waals surface area contributed by atoms with Gasteiger partial charge in [0.1, 0.15) is 5.75 Å². The number of hydrogen-bond donors (Lipinski definition) is 1. The van der Waals surface area contributed by atoms with Crippen LogP contribution in [0.25, 0.3) is 0 Å². The Morgan fingerprint density at radius 2 is 1.95 bits per heavy atom. The van der Waals surface area contributed by atoms with Gasteiger partial charge in [0.05, 0.1) is 7.11 Å². The average Bonchev–Trinajstić information content (AvgIpc) is 2.52. The van der Waals surface area contributed by atoms with E-state index in [1.165, 1.54) is 16.0 Å². The molecule has 21 heavy (non-hydrogen) atoms. The maximum Gasteiger partial charge on any atom is 0.119 e. The van der Waals surface area contributed by atoms with Gasteiger partial charge >= 0.3 is 0 Å². The molecular weight excluding hydrogens is 302 g/mol. The van der Waals surface area contributed by atoms with Crippen molar-refractivity contribution in [3.8, 4) is 5.75 Å². The van der Waals surface area contributed by atoms with E-state index in [9.17, 15) is 0 Å². The van der Waals surface area contributed by atoms with Gasteiger partial charge in [-0.2, -0.15) is 0 Å². The summed E-state index contributed by atoms with van der Waals surface area (Å²) in [7, 11) is 1.70. The molecule has 0 radical (unpaired) electrons. The second kappa shape index (κ2) is 6.30. The molecule has 0 aromatic heterocycles. The predicted octanol–water partition coefficient (Wildman–Crippen LogP) is 4.46. The molecule has 2 unspecified atom stereocenters. The highest BCUT2D eigenvalue weighted by molar-refractivity contribution is 8.00. The van der Waals surface area contributed by atoms with Crippen molar-refractivity contribution >= 4 is 23.4 Å². The van der Waals surface area contributed by atoms with Crippen molar-refractivity contribution in [2.45, 2.75) is 29.0 Å². The number of nitrogens with two attached hydrogens (primary N) is 1. The largest absolute Gasteiger partial charge is 0.497 e. The van der Waals surface area contributed by atoms with Crippen molar-refractivity contribution in [1.29, 1.82) is 0 Å². The Labute approximate surface area is 134 Å². The average molecular weight is 320 g/mol. The maximum absolute atomic E-state index is 6.47. The fourth-order valence-electron chi connectivity index (χ4n) is 2.75. The lowest BCUT2D eigenvalue weighted by Crippen LogP contribution is -2.29. The lowest BCUT2D eigenvalue weighted by Gasteiger charge is -2.31. The summed E-state index contributed by atoms with van der Waals surface area (Å²) in [6.07, 6.45) is 2.13. The quantitative estimate of drug-likeness (QED) is 0.907. The van der Waals surface area contributed by atoms with Crippen LogP contribution < -0.4 is 10.5 Å². The Bertz CT molecular complexity index is 629. The number of fused-ring (bicyclic) bond motifs is 1. The van der Waals surface area contributed by atoms with Gasteiger partial charge in [-0.3, -0.25) is 0 Å². The summed E-state index contributed by atoms with van der Waals surface area (Å²) in [6, 6.07) is 14.2. The molecule has 2 N–H and O–H groups in total. The van der Waals surface area contributed by atoms with Crippen LogP contribution in [0.1, 0.15) is 23.6 Å². The summed E-state index contributed by atoms with van der Waals surface area (Å²) < 4.78 is 5.29. The van der Waals surface area contributed by atoms with Gasteiger partial charge in [-0.05, 0) is 60.4 Å². The standard InChI is InChI=1S/C17H18ClNOS/c1-20-13-5-8-15-11(10-13)2-9-16(17(15)19)21-14-6-3-12(18)4-7-14/h3-8,10,16-17H,2,9,19H2,1H3. The fraction of sp³-hybridized carbons (Fsp3) is 0.294. The van der Waals surface area contributed by atoms with Gasteiger partial charge in [-0.15, -0.1) is 11.8 Å². The number of rotatable bonds is 3. The van der Waals surface area contributed by atoms with E-state index in [2.05, 4.69) is 24.3 Å². The summed E-state index contributed by atoms with van der Waals surface area (Å²) in [4.78, 5) is 1.22. The van der Waals surface area contributed by atoms with Gasteiger partial charge in [0.2, 0.25) is 0 Å². The third-order valence-corrected chi connectivity index (χ3v) is 5.54. The summed E-state index contributed by atoms with van der Waals surface area (Å²) in [5.74, 6) is 0.907. The highest BCUT2D eigenvalue weighted by Gasteiger charge is 2.27. The lowest BCUT2D eigenvalue weighted by molar-refractivity contribution is 0.413. The van der Waals surface area contributed by atoms with Crippen molar-refractivity contribution in [2.75, 3.05) is 7.11 Å². The van der Waals surface area contributed by atoms with Crippen LogP contribution in [0, 0.1) is 0 Å². The van der Waals surface area contributed by atoms with Crippen molar-refractivity contribution in [1.82, 2.24) is 0 Å². The van der Waals surface area contributed by atoms with Crippen LogP contribution in [0.2, 0.25) is 5.02 Å². The van der Waals surface area contributed by atoms with E-state index in [0.717, 1.165) is 23.6 Å². The molecule has 1 aliphatic rings. The molecule has 2 aromatic carbocycles. The topological polar surface area (TPSA) is 35.2 Å². The first-order valence-electron chi connectivity index (χ1n) is 7.02. The number of thioether (sulfide) groups is 1. The smallest absolute Gasteiger partial charge is 0.119 e. The number of ether oxygens (including phenoxy) is 1. The van der Waals surface area contributed by atoms with Crippen molar-refractivity contribution in [2.24, 2.45) is 5.73 Å². The molecule has 0 bridgehead atoms. The normalized spacial score (nSPS) is 20.9. The minimum absolute atomic E-state index is 0.0559. The summed E-state index contributed by atoms with van der Waals surface area (Å²) >= 11 is 7.77. The van der Waals surface area contributed by atoms with Crippen LogP contribution in [0.3, 0.4) is 0 Å². The van der Waals surface area contributed by atoms with Gasteiger partial charge in [-0.1, -0.05) is 17.7 Å². The van der Waals surface area contributed by atoms with Crippen LogP contribution in [-0.2, 0) is 6.42 Å².